The van der Waals surface area contributed by atoms with E-state index < -0.39 is 10.0 Å². The van der Waals surface area contributed by atoms with Gasteiger partial charge in [0, 0.05) is 12.6 Å². The van der Waals surface area contributed by atoms with Crippen molar-refractivity contribution in [3.8, 4) is 0 Å². The minimum Gasteiger partial charge on any atom is -0.303 e. The number of hydrogen-bond acceptors (Lipinski definition) is 3. The van der Waals surface area contributed by atoms with Crippen LogP contribution in [0, 0.1) is 5.82 Å². The molecule has 1 fully saturated rings. The second-order valence-electron chi connectivity index (χ2n) is 6.46. The third-order valence-corrected chi connectivity index (χ3v) is 6.02. The van der Waals surface area contributed by atoms with E-state index in [-0.39, 0.29) is 17.6 Å². The van der Waals surface area contributed by atoms with Crippen molar-refractivity contribution in [2.24, 2.45) is 0 Å². The highest BCUT2D eigenvalue weighted by Gasteiger charge is 2.24. The summed E-state index contributed by atoms with van der Waals surface area (Å²) in [5.41, 5.74) is 1.14. The maximum Gasteiger partial charge on any atom is 0.211 e. The quantitative estimate of drug-likeness (QED) is 0.829. The Morgan fingerprint density at radius 2 is 1.87 bits per heavy atom. The summed E-state index contributed by atoms with van der Waals surface area (Å²) in [6.45, 7) is 6.72. The van der Waals surface area contributed by atoms with Gasteiger partial charge in [-0.15, -0.1) is 0 Å². The molecule has 1 heterocycles. The highest BCUT2D eigenvalue weighted by atomic mass is 32.2. The molecule has 0 spiro atoms. The van der Waals surface area contributed by atoms with E-state index in [0.717, 1.165) is 38.0 Å². The van der Waals surface area contributed by atoms with E-state index in [1.807, 2.05) is 19.1 Å². The van der Waals surface area contributed by atoms with Crippen LogP contribution in [0.2, 0.25) is 0 Å². The number of hydrogen-bond donors (Lipinski definition) is 1. The molecular formula is C17H27FN2O2S. The summed E-state index contributed by atoms with van der Waals surface area (Å²) in [4.78, 5) is 2.36. The molecular weight excluding hydrogens is 315 g/mol. The van der Waals surface area contributed by atoms with Crippen LogP contribution in [0.5, 0.6) is 0 Å². The molecule has 130 valence electrons. The van der Waals surface area contributed by atoms with Crippen LogP contribution >= 0.6 is 0 Å². The van der Waals surface area contributed by atoms with E-state index in [9.17, 15) is 12.8 Å². The largest absolute Gasteiger partial charge is 0.303 e. The molecule has 1 atom stereocenters. The van der Waals surface area contributed by atoms with Crippen LogP contribution in [0.1, 0.15) is 44.6 Å². The van der Waals surface area contributed by atoms with Crippen molar-refractivity contribution in [3.05, 3.63) is 35.6 Å². The Balaban J connectivity index is 1.79. The minimum atomic E-state index is -3.12. The monoisotopic (exact) mass is 342 g/mol. The van der Waals surface area contributed by atoms with Crippen LogP contribution in [-0.2, 0) is 10.0 Å². The van der Waals surface area contributed by atoms with E-state index in [4.69, 9.17) is 0 Å². The highest BCUT2D eigenvalue weighted by Crippen LogP contribution is 2.20. The molecule has 0 saturated carbocycles. The van der Waals surface area contributed by atoms with E-state index >= 15 is 0 Å². The molecule has 0 aliphatic carbocycles. The van der Waals surface area contributed by atoms with Crippen LogP contribution in [0.25, 0.3) is 0 Å². The van der Waals surface area contributed by atoms with Crippen molar-refractivity contribution in [1.29, 1.82) is 0 Å². The van der Waals surface area contributed by atoms with Crippen molar-refractivity contribution in [3.63, 3.8) is 0 Å². The SMILES string of the molecule is CCCS(=O)(=O)NC1CCN(CC(C)c2ccc(F)cc2)CC1. The molecule has 1 unspecified atom stereocenters. The van der Waals surface area contributed by atoms with Gasteiger partial charge < -0.3 is 4.90 Å². The predicted octanol–water partition coefficient (Wildman–Crippen LogP) is 2.72. The molecule has 1 N–H and O–H groups in total. The number of benzene rings is 1. The summed E-state index contributed by atoms with van der Waals surface area (Å²) in [6.07, 6.45) is 2.33. The van der Waals surface area contributed by atoms with E-state index in [1.54, 1.807) is 0 Å². The van der Waals surface area contributed by atoms with E-state index in [1.165, 1.54) is 12.1 Å². The molecule has 2 rings (SSSR count). The lowest BCUT2D eigenvalue weighted by molar-refractivity contribution is 0.199. The molecule has 1 aliphatic rings. The molecule has 4 nitrogen and oxygen atoms in total. The lowest BCUT2D eigenvalue weighted by atomic mass is 9.98. The Bertz CT molecular complexity index is 581. The smallest absolute Gasteiger partial charge is 0.211 e. The first kappa shape index (κ1) is 18.4. The average molecular weight is 342 g/mol. The fourth-order valence-electron chi connectivity index (χ4n) is 3.10. The summed E-state index contributed by atoms with van der Waals surface area (Å²) in [7, 11) is -3.12. The predicted molar refractivity (Wildman–Crippen MR) is 91.5 cm³/mol. The first-order chi connectivity index (χ1) is 10.9. The Labute approximate surface area is 139 Å². The van der Waals surface area contributed by atoms with Crippen LogP contribution in [0.4, 0.5) is 4.39 Å². The topological polar surface area (TPSA) is 49.4 Å². The fraction of sp³-hybridized carbons (Fsp3) is 0.647. The van der Waals surface area contributed by atoms with Gasteiger partial charge in [0.25, 0.3) is 0 Å². The van der Waals surface area contributed by atoms with Gasteiger partial charge in [0.1, 0.15) is 5.82 Å². The third-order valence-electron chi connectivity index (χ3n) is 4.38. The van der Waals surface area contributed by atoms with Gasteiger partial charge >= 0.3 is 0 Å². The summed E-state index contributed by atoms with van der Waals surface area (Å²) in [5.74, 6) is 0.333. The highest BCUT2D eigenvalue weighted by molar-refractivity contribution is 7.89. The van der Waals surface area contributed by atoms with Crippen molar-refractivity contribution in [2.75, 3.05) is 25.4 Å². The van der Waals surface area contributed by atoms with Crippen LogP contribution < -0.4 is 4.72 Å². The number of likely N-dealkylation sites (tertiary alicyclic amines) is 1. The second-order valence-corrected chi connectivity index (χ2v) is 8.34. The Morgan fingerprint density at radius 1 is 1.26 bits per heavy atom. The molecule has 1 aromatic rings. The zero-order valence-electron chi connectivity index (χ0n) is 14.0. The van der Waals surface area contributed by atoms with E-state index in [0.29, 0.717) is 12.3 Å². The molecule has 1 saturated heterocycles. The van der Waals surface area contributed by atoms with Crippen molar-refractivity contribution in [2.45, 2.75) is 45.1 Å². The van der Waals surface area contributed by atoms with Gasteiger partial charge in [0.15, 0.2) is 0 Å². The maximum absolute atomic E-state index is 13.0. The number of nitrogens with one attached hydrogen (secondary N) is 1. The standard InChI is InChI=1S/C17H27FN2O2S/c1-3-12-23(21,22)19-17-8-10-20(11-9-17)13-14(2)15-4-6-16(18)7-5-15/h4-7,14,17,19H,3,8-13H2,1-2H3. The summed E-state index contributed by atoms with van der Waals surface area (Å²) in [6, 6.07) is 6.74. The lowest BCUT2D eigenvalue weighted by Crippen LogP contribution is -2.45. The normalized spacial score (nSPS) is 18.9. The number of piperidine rings is 1. The summed E-state index contributed by atoms with van der Waals surface area (Å²) in [5, 5.41) is 0. The molecule has 23 heavy (non-hydrogen) atoms. The van der Waals surface area contributed by atoms with E-state index in [2.05, 4.69) is 16.5 Å². The van der Waals surface area contributed by atoms with Crippen molar-refractivity contribution < 1.29 is 12.8 Å². The zero-order chi connectivity index (χ0) is 16.9. The molecule has 1 aliphatic heterocycles. The molecule has 0 amide bonds. The van der Waals surface area contributed by atoms with Gasteiger partial charge in [0.05, 0.1) is 5.75 Å². The fourth-order valence-corrected chi connectivity index (χ4v) is 4.50. The number of sulfonamides is 1. The van der Waals surface area contributed by atoms with Gasteiger partial charge in [-0.3, -0.25) is 0 Å². The van der Waals surface area contributed by atoms with Gasteiger partial charge in [-0.05, 0) is 56.0 Å². The molecule has 1 aromatic carbocycles. The van der Waals surface area contributed by atoms with Gasteiger partial charge in [0.2, 0.25) is 10.0 Å². The molecule has 0 radical (unpaired) electrons. The number of rotatable bonds is 7. The van der Waals surface area contributed by atoms with Gasteiger partial charge in [-0.1, -0.05) is 26.0 Å². The van der Waals surface area contributed by atoms with Gasteiger partial charge in [-0.25, -0.2) is 17.5 Å². The van der Waals surface area contributed by atoms with Crippen molar-refractivity contribution in [1.82, 2.24) is 9.62 Å². The average Bonchev–Trinajstić information content (AvgIpc) is 2.49. The molecule has 0 aromatic heterocycles. The maximum atomic E-state index is 13.0. The van der Waals surface area contributed by atoms with Gasteiger partial charge in [-0.2, -0.15) is 0 Å². The Kier molecular flexibility index (Phi) is 6.56. The second kappa shape index (κ2) is 8.22. The summed E-state index contributed by atoms with van der Waals surface area (Å²) >= 11 is 0. The lowest BCUT2D eigenvalue weighted by Gasteiger charge is -2.33. The summed E-state index contributed by atoms with van der Waals surface area (Å²) < 4.78 is 39.4. The zero-order valence-corrected chi connectivity index (χ0v) is 14.8. The Hall–Kier alpha value is -0.980. The van der Waals surface area contributed by atoms with Crippen molar-refractivity contribution >= 4 is 10.0 Å². The van der Waals surface area contributed by atoms with Crippen LogP contribution in [0.3, 0.4) is 0 Å². The molecule has 6 heteroatoms. The Morgan fingerprint density at radius 3 is 2.43 bits per heavy atom. The first-order valence-electron chi connectivity index (χ1n) is 8.37. The van der Waals surface area contributed by atoms with Crippen LogP contribution in [-0.4, -0.2) is 44.7 Å². The minimum absolute atomic E-state index is 0.0592. The number of nitrogens with zero attached hydrogens (tertiary/aromatic N) is 1. The number of halogens is 1. The molecule has 0 bridgehead atoms. The van der Waals surface area contributed by atoms with Crippen LogP contribution in [0.15, 0.2) is 24.3 Å². The third kappa shape index (κ3) is 5.86. The first-order valence-corrected chi connectivity index (χ1v) is 10.0.